The normalized spacial score (nSPS) is 14.5. The Morgan fingerprint density at radius 2 is 2.00 bits per heavy atom. The monoisotopic (exact) mass is 402 g/mol. The minimum atomic E-state index is -3.23. The van der Waals surface area contributed by atoms with E-state index in [1.165, 1.54) is 23.3 Å². The molecule has 0 radical (unpaired) electrons. The van der Waals surface area contributed by atoms with E-state index in [2.05, 4.69) is 4.98 Å². The maximum absolute atomic E-state index is 11.5. The molecule has 1 aromatic heterocycles. The summed E-state index contributed by atoms with van der Waals surface area (Å²) in [5.41, 5.74) is 3.85. The number of ether oxygens (including phenoxy) is 1. The zero-order valence-electron chi connectivity index (χ0n) is 15.8. The van der Waals surface area contributed by atoms with E-state index in [0.717, 1.165) is 22.4 Å². The molecule has 0 fully saturated rings. The summed E-state index contributed by atoms with van der Waals surface area (Å²) in [7, 11) is -3.23. The van der Waals surface area contributed by atoms with Crippen molar-refractivity contribution in [2.24, 2.45) is 0 Å². The van der Waals surface area contributed by atoms with E-state index in [9.17, 15) is 13.2 Å². The lowest BCUT2D eigenvalue weighted by Gasteiger charge is -2.24. The number of carboxylic acid groups (broad SMARTS) is 1. The van der Waals surface area contributed by atoms with Crippen molar-refractivity contribution in [1.29, 1.82) is 0 Å². The Balaban J connectivity index is 1.66. The van der Waals surface area contributed by atoms with Crippen LogP contribution in [0.1, 0.15) is 23.2 Å². The van der Waals surface area contributed by atoms with Gasteiger partial charge < -0.3 is 14.7 Å². The molecular weight excluding hydrogens is 380 g/mol. The van der Waals surface area contributed by atoms with E-state index in [1.807, 2.05) is 19.1 Å². The Hall–Kier alpha value is -2.87. The number of hydrogen-bond acceptors (Lipinski definition) is 5. The van der Waals surface area contributed by atoms with Crippen LogP contribution in [0.5, 0.6) is 5.75 Å². The largest absolute Gasteiger partial charge is 0.487 e. The van der Waals surface area contributed by atoms with Crippen LogP contribution in [0.4, 0.5) is 4.79 Å². The van der Waals surface area contributed by atoms with Gasteiger partial charge in [-0.3, -0.25) is 4.98 Å². The lowest BCUT2D eigenvalue weighted by Crippen LogP contribution is -2.33. The fourth-order valence-corrected chi connectivity index (χ4v) is 3.60. The van der Waals surface area contributed by atoms with Gasteiger partial charge in [0.1, 0.15) is 12.4 Å². The number of rotatable bonds is 5. The summed E-state index contributed by atoms with van der Waals surface area (Å²) in [6.45, 7) is 3.09. The van der Waals surface area contributed by atoms with Gasteiger partial charge in [0.2, 0.25) is 0 Å². The summed E-state index contributed by atoms with van der Waals surface area (Å²) in [6.07, 6.45) is 4.63. The van der Waals surface area contributed by atoms with Gasteiger partial charge in [-0.05, 0) is 60.4 Å². The standard InChI is InChI=1S/C20H22N2O5S/c1-14-11-16(15-7-9-22(10-8-15)20(23)24)12-21-19(14)13-27-17-3-5-18(6-4-17)28(2,25)26/h3-7,11-12H,8-10,13H2,1-2H3,(H,23,24). The SMILES string of the molecule is Cc1cc(C2=CCN(C(=O)O)CC2)cnc1COc1ccc(S(C)(=O)=O)cc1. The predicted molar refractivity (Wildman–Crippen MR) is 105 cm³/mol. The summed E-state index contributed by atoms with van der Waals surface area (Å²) in [4.78, 5) is 17.1. The molecule has 1 aromatic carbocycles. The van der Waals surface area contributed by atoms with Crippen molar-refractivity contribution in [1.82, 2.24) is 9.88 Å². The minimum Gasteiger partial charge on any atom is -0.487 e. The van der Waals surface area contributed by atoms with Gasteiger partial charge in [0.25, 0.3) is 0 Å². The molecule has 1 aliphatic heterocycles. The number of sulfone groups is 1. The molecular formula is C20H22N2O5S. The molecule has 0 saturated carbocycles. The average Bonchev–Trinajstić information content (AvgIpc) is 2.66. The Kier molecular flexibility index (Phi) is 5.69. The third kappa shape index (κ3) is 4.69. The van der Waals surface area contributed by atoms with Crippen LogP contribution in [-0.4, -0.2) is 48.8 Å². The summed E-state index contributed by atoms with van der Waals surface area (Å²) in [6, 6.07) is 8.32. The van der Waals surface area contributed by atoms with Crippen LogP contribution in [0.2, 0.25) is 0 Å². The number of hydrogen-bond donors (Lipinski definition) is 1. The number of nitrogens with zero attached hydrogens (tertiary/aromatic N) is 2. The van der Waals surface area contributed by atoms with Crippen LogP contribution in [0.3, 0.4) is 0 Å². The molecule has 7 nitrogen and oxygen atoms in total. The van der Waals surface area contributed by atoms with Crippen LogP contribution < -0.4 is 4.74 Å². The average molecular weight is 402 g/mol. The fraction of sp³-hybridized carbons (Fsp3) is 0.300. The molecule has 2 heterocycles. The van der Waals surface area contributed by atoms with Crippen molar-refractivity contribution in [3.63, 3.8) is 0 Å². The molecule has 0 saturated heterocycles. The van der Waals surface area contributed by atoms with Gasteiger partial charge >= 0.3 is 6.09 Å². The van der Waals surface area contributed by atoms with Crippen molar-refractivity contribution >= 4 is 21.5 Å². The van der Waals surface area contributed by atoms with Crippen LogP contribution in [0, 0.1) is 6.92 Å². The third-order valence-electron chi connectivity index (χ3n) is 4.66. The molecule has 0 aliphatic carbocycles. The first-order chi connectivity index (χ1) is 13.2. The van der Waals surface area contributed by atoms with Gasteiger partial charge in [-0.1, -0.05) is 6.08 Å². The first-order valence-corrected chi connectivity index (χ1v) is 10.7. The van der Waals surface area contributed by atoms with Gasteiger partial charge in [-0.2, -0.15) is 0 Å². The fourth-order valence-electron chi connectivity index (χ4n) is 2.97. The van der Waals surface area contributed by atoms with Crippen molar-refractivity contribution in [3.05, 3.63) is 59.4 Å². The lowest BCUT2D eigenvalue weighted by atomic mass is 9.99. The first-order valence-electron chi connectivity index (χ1n) is 8.80. The Labute approximate surface area is 164 Å². The molecule has 148 valence electrons. The Bertz CT molecular complexity index is 1010. The zero-order chi connectivity index (χ0) is 20.3. The second-order valence-electron chi connectivity index (χ2n) is 6.73. The zero-order valence-corrected chi connectivity index (χ0v) is 16.6. The highest BCUT2D eigenvalue weighted by Gasteiger charge is 2.17. The second kappa shape index (κ2) is 8.02. The Morgan fingerprint density at radius 3 is 2.54 bits per heavy atom. The molecule has 2 aromatic rings. The summed E-state index contributed by atoms with van der Waals surface area (Å²) in [5, 5.41) is 9.02. The molecule has 1 aliphatic rings. The number of amides is 1. The molecule has 0 bridgehead atoms. The van der Waals surface area contributed by atoms with E-state index in [4.69, 9.17) is 9.84 Å². The molecule has 3 rings (SSSR count). The third-order valence-corrected chi connectivity index (χ3v) is 5.79. The van der Waals surface area contributed by atoms with Crippen LogP contribution >= 0.6 is 0 Å². The van der Waals surface area contributed by atoms with E-state index in [1.54, 1.807) is 18.3 Å². The highest BCUT2D eigenvalue weighted by Crippen LogP contribution is 2.24. The second-order valence-corrected chi connectivity index (χ2v) is 8.74. The molecule has 0 unspecified atom stereocenters. The number of aromatic nitrogens is 1. The van der Waals surface area contributed by atoms with Crippen molar-refractivity contribution < 1.29 is 23.1 Å². The molecule has 0 atom stereocenters. The predicted octanol–water partition coefficient (Wildman–Crippen LogP) is 3.14. The number of aryl methyl sites for hydroxylation is 1. The molecule has 1 amide bonds. The molecule has 1 N–H and O–H groups in total. The van der Waals surface area contributed by atoms with E-state index in [-0.39, 0.29) is 11.5 Å². The quantitative estimate of drug-likeness (QED) is 0.825. The van der Waals surface area contributed by atoms with Gasteiger partial charge in [-0.15, -0.1) is 0 Å². The van der Waals surface area contributed by atoms with Crippen molar-refractivity contribution in [3.8, 4) is 5.75 Å². The smallest absolute Gasteiger partial charge is 0.407 e. The van der Waals surface area contributed by atoms with Gasteiger partial charge in [0.05, 0.1) is 10.6 Å². The summed E-state index contributed by atoms with van der Waals surface area (Å²) in [5.74, 6) is 0.571. The van der Waals surface area contributed by atoms with E-state index in [0.29, 0.717) is 25.3 Å². The van der Waals surface area contributed by atoms with Gasteiger partial charge in [-0.25, -0.2) is 13.2 Å². The van der Waals surface area contributed by atoms with Crippen LogP contribution in [0.25, 0.3) is 5.57 Å². The van der Waals surface area contributed by atoms with Gasteiger partial charge in [0.15, 0.2) is 9.84 Å². The first kappa shape index (κ1) is 19.9. The highest BCUT2D eigenvalue weighted by atomic mass is 32.2. The summed E-state index contributed by atoms with van der Waals surface area (Å²) < 4.78 is 28.7. The van der Waals surface area contributed by atoms with Crippen molar-refractivity contribution in [2.45, 2.75) is 24.8 Å². The van der Waals surface area contributed by atoms with Crippen LogP contribution in [0.15, 0.2) is 47.5 Å². The summed E-state index contributed by atoms with van der Waals surface area (Å²) >= 11 is 0. The highest BCUT2D eigenvalue weighted by molar-refractivity contribution is 7.90. The number of benzene rings is 1. The topological polar surface area (TPSA) is 96.8 Å². The molecule has 28 heavy (non-hydrogen) atoms. The van der Waals surface area contributed by atoms with Crippen molar-refractivity contribution in [2.75, 3.05) is 19.3 Å². The maximum atomic E-state index is 11.5. The van der Waals surface area contributed by atoms with E-state index < -0.39 is 15.9 Å². The minimum absolute atomic E-state index is 0.251. The maximum Gasteiger partial charge on any atom is 0.407 e. The number of carbonyl (C=O) groups is 1. The van der Waals surface area contributed by atoms with Crippen LogP contribution in [-0.2, 0) is 16.4 Å². The van der Waals surface area contributed by atoms with Gasteiger partial charge in [0, 0.05) is 25.5 Å². The van der Waals surface area contributed by atoms with E-state index >= 15 is 0 Å². The molecule has 0 spiro atoms. The Morgan fingerprint density at radius 1 is 1.29 bits per heavy atom. The lowest BCUT2D eigenvalue weighted by molar-refractivity contribution is 0.150. The number of pyridine rings is 1. The molecule has 8 heteroatoms.